The summed E-state index contributed by atoms with van der Waals surface area (Å²) in [5, 5.41) is 27.4. The van der Waals surface area contributed by atoms with Gasteiger partial charge in [-0.1, -0.05) is 30.3 Å². The van der Waals surface area contributed by atoms with Crippen molar-refractivity contribution in [3.8, 4) is 0 Å². The number of benzene rings is 2. The molecule has 134 valence electrons. The van der Waals surface area contributed by atoms with Gasteiger partial charge in [-0.05, 0) is 27.6 Å². The Morgan fingerprint density at radius 2 is 2.08 bits per heavy atom. The number of aliphatic hydroxyl groups excluding tert-OH is 1. The smallest absolute Gasteiger partial charge is 0.149 e. The third kappa shape index (κ3) is 5.79. The number of nitrogens with zero attached hydrogens (tertiary/aromatic N) is 2. The van der Waals surface area contributed by atoms with E-state index in [9.17, 15) is 14.7 Å². The number of anilines is 2. The molecule has 0 saturated heterocycles. The first-order chi connectivity index (χ1) is 12.0. The maximum Gasteiger partial charge on any atom is 0.149 e. The lowest BCUT2D eigenvalue weighted by molar-refractivity contribution is 0.0348. The van der Waals surface area contributed by atoms with Crippen LogP contribution in [0.15, 0.2) is 52.0 Å². The van der Waals surface area contributed by atoms with Crippen LogP contribution in [0.4, 0.5) is 15.8 Å². The van der Waals surface area contributed by atoms with Crippen molar-refractivity contribution in [1.29, 1.82) is 0 Å². The van der Waals surface area contributed by atoms with Crippen LogP contribution in [0.3, 0.4) is 0 Å². The summed E-state index contributed by atoms with van der Waals surface area (Å²) in [7, 11) is 0. The van der Waals surface area contributed by atoms with Gasteiger partial charge >= 0.3 is 0 Å². The molecule has 0 aromatic heterocycles. The summed E-state index contributed by atoms with van der Waals surface area (Å²) >= 11 is 3.24. The highest BCUT2D eigenvalue weighted by Crippen LogP contribution is 2.30. The van der Waals surface area contributed by atoms with Crippen molar-refractivity contribution in [1.82, 2.24) is 0 Å². The van der Waals surface area contributed by atoms with E-state index in [1.54, 1.807) is 0 Å². The minimum Gasteiger partial charge on any atom is -0.737 e. The minimum absolute atomic E-state index is 0.0934. The Bertz CT molecular complexity index is 703. The van der Waals surface area contributed by atoms with Gasteiger partial charge in [0.05, 0.1) is 30.7 Å². The van der Waals surface area contributed by atoms with Gasteiger partial charge in [-0.2, -0.15) is 5.10 Å². The number of aliphatic hydroxyl groups is 1. The molecule has 8 heteroatoms. The maximum absolute atomic E-state index is 13.9. The molecule has 0 unspecified atom stereocenters. The van der Waals surface area contributed by atoms with E-state index in [4.69, 9.17) is 4.74 Å². The van der Waals surface area contributed by atoms with Crippen LogP contribution < -0.4 is 10.5 Å². The van der Waals surface area contributed by atoms with Gasteiger partial charge in [-0.3, -0.25) is 0 Å². The molecular formula is C17H18BrFN3O3-. The fourth-order valence-electron chi connectivity index (χ4n) is 2.07. The molecule has 2 aromatic carbocycles. The number of rotatable bonds is 9. The van der Waals surface area contributed by atoms with Gasteiger partial charge in [0.15, 0.2) is 0 Å². The molecule has 0 fully saturated rings. The van der Waals surface area contributed by atoms with E-state index in [1.165, 1.54) is 6.07 Å². The van der Waals surface area contributed by atoms with Crippen LogP contribution >= 0.6 is 15.9 Å². The fraction of sp³-hybridized carbons (Fsp3) is 0.235. The molecule has 2 aromatic rings. The van der Waals surface area contributed by atoms with E-state index in [2.05, 4.69) is 33.1 Å². The normalized spacial score (nSPS) is 11.8. The van der Waals surface area contributed by atoms with E-state index in [-0.39, 0.29) is 24.0 Å². The Hall–Kier alpha value is -2.00. The first-order valence-electron chi connectivity index (χ1n) is 7.47. The number of hydrogen-bond acceptors (Lipinski definition) is 6. The summed E-state index contributed by atoms with van der Waals surface area (Å²) in [6, 6.07) is 12.0. The summed E-state index contributed by atoms with van der Waals surface area (Å²) in [4.78, 5) is 0. The summed E-state index contributed by atoms with van der Waals surface area (Å²) in [5.41, 5.74) is 1.17. The van der Waals surface area contributed by atoms with Gasteiger partial charge in [-0.15, -0.1) is 0 Å². The summed E-state index contributed by atoms with van der Waals surface area (Å²) in [6.07, 6.45) is -0.774. The van der Waals surface area contributed by atoms with Crippen LogP contribution in [0.5, 0.6) is 0 Å². The Morgan fingerprint density at radius 3 is 2.76 bits per heavy atom. The second-order valence-corrected chi connectivity index (χ2v) is 6.09. The molecule has 0 heterocycles. The lowest BCUT2D eigenvalue weighted by atomic mass is 10.2. The predicted molar refractivity (Wildman–Crippen MR) is 100 cm³/mol. The van der Waals surface area contributed by atoms with E-state index < -0.39 is 11.9 Å². The van der Waals surface area contributed by atoms with Crippen LogP contribution in [0.25, 0.3) is 0 Å². The zero-order chi connectivity index (χ0) is 18.2. The van der Waals surface area contributed by atoms with Crippen molar-refractivity contribution in [3.05, 3.63) is 63.5 Å². The van der Waals surface area contributed by atoms with E-state index in [0.717, 1.165) is 11.6 Å². The second kappa shape index (κ2) is 9.47. The van der Waals surface area contributed by atoms with Gasteiger partial charge in [0.25, 0.3) is 0 Å². The van der Waals surface area contributed by atoms with Crippen molar-refractivity contribution >= 4 is 34.0 Å². The summed E-state index contributed by atoms with van der Waals surface area (Å²) in [6.45, 7) is 3.75. The molecule has 0 spiro atoms. The van der Waals surface area contributed by atoms with Gasteiger partial charge < -0.3 is 25.5 Å². The van der Waals surface area contributed by atoms with Crippen LogP contribution in [0, 0.1) is 11.0 Å². The fourth-order valence-corrected chi connectivity index (χ4v) is 2.54. The largest absolute Gasteiger partial charge is 0.737 e. The zero-order valence-corrected chi connectivity index (χ0v) is 14.9. The Morgan fingerprint density at radius 1 is 1.36 bits per heavy atom. The number of hydrogen-bond donors (Lipinski definition) is 2. The lowest BCUT2D eigenvalue weighted by Crippen LogP contribution is -2.25. The van der Waals surface area contributed by atoms with Crippen molar-refractivity contribution in [2.24, 2.45) is 5.10 Å². The number of halogens is 2. The molecule has 0 aliphatic carbocycles. The lowest BCUT2D eigenvalue weighted by Gasteiger charge is -2.25. The van der Waals surface area contributed by atoms with Crippen LogP contribution in [-0.4, -0.2) is 31.1 Å². The third-order valence-electron chi connectivity index (χ3n) is 3.32. The van der Waals surface area contributed by atoms with Crippen LogP contribution in [-0.2, 0) is 11.3 Å². The molecule has 0 aliphatic rings. The highest BCUT2D eigenvalue weighted by atomic mass is 79.9. The topological polar surface area (TPSA) is 80.2 Å². The highest BCUT2D eigenvalue weighted by Gasteiger charge is 2.11. The van der Waals surface area contributed by atoms with E-state index in [1.807, 2.05) is 30.3 Å². The summed E-state index contributed by atoms with van der Waals surface area (Å²) in [5.74, 6) is -0.747. The van der Waals surface area contributed by atoms with E-state index in [0.29, 0.717) is 16.8 Å². The van der Waals surface area contributed by atoms with Gasteiger partial charge in [0, 0.05) is 23.8 Å². The van der Waals surface area contributed by atoms with Gasteiger partial charge in [0.1, 0.15) is 5.82 Å². The molecular weight excluding hydrogens is 393 g/mol. The maximum atomic E-state index is 13.9. The zero-order valence-electron chi connectivity index (χ0n) is 13.4. The first kappa shape index (κ1) is 19.3. The molecule has 1 atom stereocenters. The van der Waals surface area contributed by atoms with Crippen molar-refractivity contribution < 1.29 is 14.2 Å². The number of nitrogens with one attached hydrogen (secondary N) is 1. The molecule has 2 rings (SSSR count). The van der Waals surface area contributed by atoms with Gasteiger partial charge in [-0.25, -0.2) is 4.39 Å². The monoisotopic (exact) mass is 410 g/mol. The summed E-state index contributed by atoms with van der Waals surface area (Å²) < 4.78 is 19.8. The average molecular weight is 411 g/mol. The van der Waals surface area contributed by atoms with Crippen LogP contribution in [0.2, 0.25) is 0 Å². The van der Waals surface area contributed by atoms with Crippen molar-refractivity contribution in [2.45, 2.75) is 12.7 Å². The first-order valence-corrected chi connectivity index (χ1v) is 8.27. The standard InChI is InChI=1S/C17H18BrFN3O3/c1-20-22(24)17-7-14(18)16(8-15(17)19)21-9-13(23)11-25-10-12-5-3-2-4-6-12/h2-8,13,21,23H,1,9-11H2/q-1/t13-/m1/s1. The highest BCUT2D eigenvalue weighted by molar-refractivity contribution is 9.10. The number of hydrazone groups is 1. The van der Waals surface area contributed by atoms with Crippen molar-refractivity contribution in [3.63, 3.8) is 0 Å². The van der Waals surface area contributed by atoms with Gasteiger partial charge in [0.2, 0.25) is 0 Å². The quantitative estimate of drug-likeness (QED) is 0.488. The van der Waals surface area contributed by atoms with Crippen LogP contribution in [0.1, 0.15) is 5.56 Å². The average Bonchev–Trinajstić information content (AvgIpc) is 2.62. The molecule has 6 nitrogen and oxygen atoms in total. The number of ether oxygens (including phenoxy) is 1. The van der Waals surface area contributed by atoms with E-state index >= 15 is 0 Å². The van der Waals surface area contributed by atoms with Crippen molar-refractivity contribution in [2.75, 3.05) is 23.6 Å². The second-order valence-electron chi connectivity index (χ2n) is 5.23. The predicted octanol–water partition coefficient (Wildman–Crippen LogP) is 3.50. The Balaban J connectivity index is 1.84. The Labute approximate surface area is 153 Å². The third-order valence-corrected chi connectivity index (χ3v) is 3.98. The molecule has 0 amide bonds. The Kier molecular flexibility index (Phi) is 7.32. The molecule has 25 heavy (non-hydrogen) atoms. The minimum atomic E-state index is -0.774. The SMILES string of the molecule is C=NN([O-])c1cc(Br)c(NC[C@@H](O)COCc2ccccc2)cc1F. The molecule has 2 N–H and O–H groups in total. The molecule has 0 radical (unpaired) electrons. The molecule has 0 bridgehead atoms. The molecule has 0 aliphatic heterocycles. The molecule has 0 saturated carbocycles.